The third kappa shape index (κ3) is 2.90. The minimum Gasteiger partial charge on any atom is -0.478 e. The number of fused-ring (bicyclic) bond motifs is 1. The lowest BCUT2D eigenvalue weighted by atomic mass is 9.99. The lowest BCUT2D eigenvalue weighted by Crippen LogP contribution is -2.22. The summed E-state index contributed by atoms with van der Waals surface area (Å²) in [6, 6.07) is 9.98. The van der Waals surface area contributed by atoms with Crippen LogP contribution in [0.3, 0.4) is 0 Å². The van der Waals surface area contributed by atoms with Gasteiger partial charge in [-0.3, -0.25) is 0 Å². The molecule has 0 saturated carbocycles. The number of carbonyl (C=O) groups is 1. The molecule has 1 aliphatic heterocycles. The molecule has 4 nitrogen and oxygen atoms in total. The van der Waals surface area contributed by atoms with Gasteiger partial charge in [-0.2, -0.15) is 13.2 Å². The molecule has 2 aromatic rings. The van der Waals surface area contributed by atoms with E-state index in [1.54, 1.807) is 24.3 Å². The summed E-state index contributed by atoms with van der Waals surface area (Å²) in [5, 5.41) is 9.33. The van der Waals surface area contributed by atoms with Crippen LogP contribution < -0.4 is 4.74 Å². The van der Waals surface area contributed by atoms with E-state index in [9.17, 15) is 23.1 Å². The minimum atomic E-state index is -4.62. The zero-order valence-electron chi connectivity index (χ0n) is 11.5. The maximum atomic E-state index is 12.8. The van der Waals surface area contributed by atoms with Crippen LogP contribution in [0, 0.1) is 0 Å². The minimum absolute atomic E-state index is 0.108. The number of alkyl halides is 3. The standard InChI is InChI=1S/C16H10F3NO3/c17-16(18,19)13-7-3-5-11(20-13)14-10(15(21)22)8-9-4-1-2-6-12(9)23-14/h1-8,14H,(H,21,22). The van der Waals surface area contributed by atoms with Gasteiger partial charge in [-0.25, -0.2) is 9.78 Å². The van der Waals surface area contributed by atoms with E-state index in [2.05, 4.69) is 4.98 Å². The molecule has 0 bridgehead atoms. The van der Waals surface area contributed by atoms with Crippen molar-refractivity contribution in [3.8, 4) is 5.75 Å². The Kier molecular flexibility index (Phi) is 3.55. The second-order valence-electron chi connectivity index (χ2n) is 4.89. The summed E-state index contributed by atoms with van der Waals surface area (Å²) in [5.74, 6) is -0.884. The Morgan fingerprint density at radius 3 is 2.57 bits per heavy atom. The molecule has 0 radical (unpaired) electrons. The quantitative estimate of drug-likeness (QED) is 0.916. The SMILES string of the molecule is O=C(O)C1=Cc2ccccc2OC1c1cccc(C(F)(F)F)n1. The van der Waals surface area contributed by atoms with Crippen LogP contribution in [-0.2, 0) is 11.0 Å². The van der Waals surface area contributed by atoms with Crippen LogP contribution >= 0.6 is 0 Å². The van der Waals surface area contributed by atoms with Gasteiger partial charge in [-0.05, 0) is 24.3 Å². The fraction of sp³-hybridized carbons (Fsp3) is 0.125. The monoisotopic (exact) mass is 321 g/mol. The number of hydrogen-bond acceptors (Lipinski definition) is 3. The molecule has 1 atom stereocenters. The van der Waals surface area contributed by atoms with Crippen LogP contribution in [0.1, 0.15) is 23.1 Å². The second-order valence-corrected chi connectivity index (χ2v) is 4.89. The molecule has 0 saturated heterocycles. The molecule has 23 heavy (non-hydrogen) atoms. The highest BCUT2D eigenvalue weighted by atomic mass is 19.4. The highest BCUT2D eigenvalue weighted by Crippen LogP contribution is 2.37. The van der Waals surface area contributed by atoms with E-state index in [1.165, 1.54) is 18.2 Å². The van der Waals surface area contributed by atoms with Crippen molar-refractivity contribution < 1.29 is 27.8 Å². The van der Waals surface area contributed by atoms with E-state index in [0.29, 0.717) is 11.3 Å². The molecule has 0 amide bonds. The Morgan fingerprint density at radius 2 is 1.87 bits per heavy atom. The molecule has 118 valence electrons. The summed E-state index contributed by atoms with van der Waals surface area (Å²) >= 11 is 0. The van der Waals surface area contributed by atoms with Gasteiger partial charge in [0.25, 0.3) is 0 Å². The van der Waals surface area contributed by atoms with Crippen molar-refractivity contribution in [2.24, 2.45) is 0 Å². The van der Waals surface area contributed by atoms with Crippen LogP contribution in [0.5, 0.6) is 5.75 Å². The first-order chi connectivity index (χ1) is 10.9. The van der Waals surface area contributed by atoms with E-state index in [-0.39, 0.29) is 11.3 Å². The number of halogens is 3. The van der Waals surface area contributed by atoms with Crippen molar-refractivity contribution in [2.75, 3.05) is 0 Å². The van der Waals surface area contributed by atoms with E-state index in [1.807, 2.05) is 0 Å². The number of aromatic nitrogens is 1. The first-order valence-corrected chi connectivity index (χ1v) is 6.61. The maximum absolute atomic E-state index is 12.8. The van der Waals surface area contributed by atoms with Gasteiger partial charge in [0.15, 0.2) is 6.10 Å². The zero-order chi connectivity index (χ0) is 16.6. The Labute approximate surface area is 128 Å². The molecular formula is C16H10F3NO3. The lowest BCUT2D eigenvalue weighted by Gasteiger charge is -2.25. The first kappa shape index (κ1) is 15.1. The van der Waals surface area contributed by atoms with Crippen LogP contribution in [0.25, 0.3) is 6.08 Å². The molecule has 0 spiro atoms. The molecule has 1 aromatic carbocycles. The number of aliphatic carboxylic acids is 1. The summed E-state index contributed by atoms with van der Waals surface area (Å²) in [4.78, 5) is 15.0. The van der Waals surface area contributed by atoms with Crippen LogP contribution in [-0.4, -0.2) is 16.1 Å². The number of pyridine rings is 1. The van der Waals surface area contributed by atoms with E-state index < -0.39 is 23.9 Å². The maximum Gasteiger partial charge on any atom is 0.433 e. The van der Waals surface area contributed by atoms with E-state index in [0.717, 1.165) is 6.07 Å². The van der Waals surface area contributed by atoms with Gasteiger partial charge in [0.05, 0.1) is 11.3 Å². The lowest BCUT2D eigenvalue weighted by molar-refractivity contribution is -0.141. The van der Waals surface area contributed by atoms with Crippen molar-refractivity contribution in [3.05, 3.63) is 65.0 Å². The molecule has 1 N–H and O–H groups in total. The molecule has 1 unspecified atom stereocenters. The van der Waals surface area contributed by atoms with Gasteiger partial charge < -0.3 is 9.84 Å². The number of carboxylic acid groups (broad SMARTS) is 1. The van der Waals surface area contributed by atoms with Crippen LogP contribution in [0.15, 0.2) is 48.0 Å². The Bertz CT molecular complexity index is 799. The van der Waals surface area contributed by atoms with Crippen molar-refractivity contribution in [1.82, 2.24) is 4.98 Å². The predicted molar refractivity (Wildman–Crippen MR) is 74.7 cm³/mol. The number of para-hydroxylation sites is 1. The fourth-order valence-electron chi connectivity index (χ4n) is 2.29. The van der Waals surface area contributed by atoms with Gasteiger partial charge in [0, 0.05) is 5.56 Å². The highest BCUT2D eigenvalue weighted by Gasteiger charge is 2.35. The largest absolute Gasteiger partial charge is 0.478 e. The Morgan fingerprint density at radius 1 is 1.13 bits per heavy atom. The number of ether oxygens (including phenoxy) is 1. The molecule has 3 rings (SSSR count). The molecular weight excluding hydrogens is 311 g/mol. The fourth-order valence-corrected chi connectivity index (χ4v) is 2.29. The highest BCUT2D eigenvalue weighted by molar-refractivity contribution is 5.94. The first-order valence-electron chi connectivity index (χ1n) is 6.61. The van der Waals surface area contributed by atoms with Gasteiger partial charge in [-0.1, -0.05) is 24.3 Å². The van der Waals surface area contributed by atoms with E-state index in [4.69, 9.17) is 4.74 Å². The van der Waals surface area contributed by atoms with Gasteiger partial charge >= 0.3 is 12.1 Å². The number of nitrogens with zero attached hydrogens (tertiary/aromatic N) is 1. The van der Waals surface area contributed by atoms with Gasteiger partial charge in [0.1, 0.15) is 11.4 Å². The number of benzene rings is 1. The summed E-state index contributed by atoms with van der Waals surface area (Å²) in [6.07, 6.45) is -4.44. The van der Waals surface area contributed by atoms with Crippen molar-refractivity contribution >= 4 is 12.0 Å². The average molecular weight is 321 g/mol. The molecule has 0 fully saturated rings. The predicted octanol–water partition coefficient (Wildman–Crippen LogP) is 3.70. The topological polar surface area (TPSA) is 59.4 Å². The van der Waals surface area contributed by atoms with Gasteiger partial charge in [0.2, 0.25) is 0 Å². The molecule has 1 aliphatic rings. The summed E-state index contributed by atoms with van der Waals surface area (Å²) < 4.78 is 44.0. The zero-order valence-corrected chi connectivity index (χ0v) is 11.5. The Hall–Kier alpha value is -2.83. The second kappa shape index (κ2) is 5.42. The van der Waals surface area contributed by atoms with Gasteiger partial charge in [-0.15, -0.1) is 0 Å². The summed E-state index contributed by atoms with van der Waals surface area (Å²) in [5.41, 5.74) is -0.825. The molecule has 2 heterocycles. The number of carboxylic acids is 1. The summed E-state index contributed by atoms with van der Waals surface area (Å²) in [7, 11) is 0. The third-order valence-electron chi connectivity index (χ3n) is 3.33. The molecule has 0 aliphatic carbocycles. The summed E-state index contributed by atoms with van der Waals surface area (Å²) in [6.45, 7) is 0. The normalized spacial score (nSPS) is 17.0. The van der Waals surface area contributed by atoms with E-state index >= 15 is 0 Å². The van der Waals surface area contributed by atoms with Crippen molar-refractivity contribution in [2.45, 2.75) is 12.3 Å². The van der Waals surface area contributed by atoms with Crippen LogP contribution in [0.4, 0.5) is 13.2 Å². The number of rotatable bonds is 2. The van der Waals surface area contributed by atoms with Crippen molar-refractivity contribution in [1.29, 1.82) is 0 Å². The Balaban J connectivity index is 2.08. The third-order valence-corrected chi connectivity index (χ3v) is 3.33. The average Bonchev–Trinajstić information content (AvgIpc) is 2.53. The molecule has 1 aromatic heterocycles. The van der Waals surface area contributed by atoms with Crippen molar-refractivity contribution in [3.63, 3.8) is 0 Å². The van der Waals surface area contributed by atoms with Crippen LogP contribution in [0.2, 0.25) is 0 Å². The molecule has 7 heteroatoms. The number of hydrogen-bond donors (Lipinski definition) is 1. The smallest absolute Gasteiger partial charge is 0.433 e.